The molecule has 0 aliphatic carbocycles. The number of hydrogen-bond acceptors (Lipinski definition) is 6. The third-order valence-corrected chi connectivity index (χ3v) is 8.22. The van der Waals surface area contributed by atoms with Crippen molar-refractivity contribution < 1.29 is 38.9 Å². The fourth-order valence-corrected chi connectivity index (χ4v) is 5.16. The molecule has 2 atom stereocenters. The summed E-state index contributed by atoms with van der Waals surface area (Å²) < 4.78 is 11.5. The molecular weight excluding hydrogens is 612 g/mol. The van der Waals surface area contributed by atoms with Crippen molar-refractivity contribution in [3.8, 4) is 22.6 Å². The van der Waals surface area contributed by atoms with E-state index in [0.717, 1.165) is 24.0 Å². The zero-order chi connectivity index (χ0) is 34.8. The molecule has 0 saturated carbocycles. The van der Waals surface area contributed by atoms with Crippen LogP contribution in [0.2, 0.25) is 0 Å². The Morgan fingerprint density at radius 1 is 0.604 bits per heavy atom. The second kappa shape index (κ2) is 16.3. The molecule has 10 nitrogen and oxygen atoms in total. The van der Waals surface area contributed by atoms with Crippen LogP contribution in [0.3, 0.4) is 0 Å². The minimum absolute atomic E-state index is 0.0623. The zero-order valence-electron chi connectivity index (χ0n) is 27.4. The number of rotatable bonds is 15. The van der Waals surface area contributed by atoms with E-state index in [1.54, 1.807) is 24.3 Å². The van der Waals surface area contributed by atoms with Gasteiger partial charge in [-0.3, -0.25) is 9.59 Å². The molecule has 0 bridgehead atoms. The minimum atomic E-state index is -1.28. The molecule has 4 aromatic carbocycles. The fourth-order valence-electron chi connectivity index (χ4n) is 5.16. The Kier molecular flexibility index (Phi) is 11.9. The number of carboxylic acids is 2. The van der Waals surface area contributed by atoms with Gasteiger partial charge in [0.05, 0.1) is 22.5 Å². The van der Waals surface area contributed by atoms with Crippen LogP contribution in [-0.2, 0) is 9.59 Å². The van der Waals surface area contributed by atoms with Crippen molar-refractivity contribution >= 4 is 35.1 Å². The van der Waals surface area contributed by atoms with E-state index in [2.05, 4.69) is 38.3 Å². The van der Waals surface area contributed by atoms with Crippen molar-refractivity contribution in [1.82, 2.24) is 0 Å². The normalized spacial score (nSPS) is 12.0. The maximum Gasteiger partial charge on any atom is 0.337 e. The third kappa shape index (κ3) is 8.79. The lowest BCUT2D eigenvalue weighted by Crippen LogP contribution is -2.22. The van der Waals surface area contributed by atoms with E-state index in [9.17, 15) is 29.4 Å². The van der Waals surface area contributed by atoms with Crippen LogP contribution in [0, 0.1) is 0 Å². The molecule has 0 fully saturated rings. The van der Waals surface area contributed by atoms with Gasteiger partial charge >= 0.3 is 11.9 Å². The van der Waals surface area contributed by atoms with Crippen molar-refractivity contribution in [3.63, 3.8) is 0 Å². The van der Waals surface area contributed by atoms with Gasteiger partial charge in [0.1, 0.15) is 11.5 Å². The highest BCUT2D eigenvalue weighted by Gasteiger charge is 2.19. The van der Waals surface area contributed by atoms with Crippen molar-refractivity contribution in [2.45, 2.75) is 52.4 Å². The number of benzene rings is 4. The van der Waals surface area contributed by atoms with Gasteiger partial charge in [-0.25, -0.2) is 9.59 Å². The van der Waals surface area contributed by atoms with E-state index in [-0.39, 0.29) is 47.6 Å². The Balaban J connectivity index is 1.47. The van der Waals surface area contributed by atoms with Crippen molar-refractivity contribution in [2.24, 2.45) is 0 Å². The summed E-state index contributed by atoms with van der Waals surface area (Å²) >= 11 is 0. The van der Waals surface area contributed by atoms with Gasteiger partial charge in [0.2, 0.25) is 0 Å². The standard InChI is InChI=1S/C38H40N2O8/c1-5-23(3)27-11-7-9-13-33(27)47-21-35(41)39-31-17-15-25(19-29(31)37(43)44)26-16-18-32(30(20-26)38(45)46)40-36(42)22-48-34-14-10-8-12-28(34)24(4)6-2/h7-20,23-24H,5-6,21-22H2,1-4H3,(H,39,41)(H,40,42)(H,43,44)(H,45,46). The molecule has 0 aromatic heterocycles. The van der Waals surface area contributed by atoms with Crippen LogP contribution in [0.25, 0.3) is 11.1 Å². The molecule has 0 aliphatic heterocycles. The smallest absolute Gasteiger partial charge is 0.337 e. The Bertz CT molecular complexity index is 1670. The first-order chi connectivity index (χ1) is 23.0. The predicted octanol–water partition coefficient (Wildman–Crippen LogP) is 7.81. The number of anilines is 2. The average molecular weight is 653 g/mol. The van der Waals surface area contributed by atoms with Crippen LogP contribution in [0.4, 0.5) is 11.4 Å². The molecule has 2 unspecified atom stereocenters. The molecule has 4 N–H and O–H groups in total. The van der Waals surface area contributed by atoms with Crippen LogP contribution in [0.15, 0.2) is 84.9 Å². The quantitative estimate of drug-likeness (QED) is 0.102. The van der Waals surface area contributed by atoms with Gasteiger partial charge in [-0.2, -0.15) is 0 Å². The van der Waals surface area contributed by atoms with Gasteiger partial charge in [-0.15, -0.1) is 0 Å². The lowest BCUT2D eigenvalue weighted by molar-refractivity contribution is -0.118. The van der Waals surface area contributed by atoms with E-state index in [4.69, 9.17) is 9.47 Å². The molecule has 48 heavy (non-hydrogen) atoms. The number of carboxylic acid groups (broad SMARTS) is 2. The molecule has 10 heteroatoms. The number of aromatic carboxylic acids is 2. The molecule has 0 heterocycles. The van der Waals surface area contributed by atoms with Gasteiger partial charge in [0, 0.05) is 0 Å². The third-order valence-electron chi connectivity index (χ3n) is 8.22. The molecule has 4 rings (SSSR count). The maximum atomic E-state index is 12.8. The first kappa shape index (κ1) is 35.2. The second-order valence-corrected chi connectivity index (χ2v) is 11.5. The monoisotopic (exact) mass is 652 g/mol. The Labute approximate surface area is 279 Å². The Morgan fingerprint density at radius 3 is 1.33 bits per heavy atom. The van der Waals surface area contributed by atoms with E-state index < -0.39 is 23.8 Å². The van der Waals surface area contributed by atoms with E-state index in [1.807, 2.05) is 36.4 Å². The highest BCUT2D eigenvalue weighted by atomic mass is 16.5. The van der Waals surface area contributed by atoms with Crippen molar-refractivity contribution in [1.29, 1.82) is 0 Å². The summed E-state index contributed by atoms with van der Waals surface area (Å²) in [7, 11) is 0. The molecule has 4 aromatic rings. The zero-order valence-corrected chi connectivity index (χ0v) is 27.4. The minimum Gasteiger partial charge on any atom is -0.483 e. The fraction of sp³-hybridized carbons (Fsp3) is 0.263. The van der Waals surface area contributed by atoms with Gasteiger partial charge < -0.3 is 30.3 Å². The summed E-state index contributed by atoms with van der Waals surface area (Å²) in [5, 5.41) is 25.1. The SMILES string of the molecule is CCC(C)c1ccccc1OCC(=O)Nc1ccc(-c2ccc(NC(=O)COc3ccccc3C(C)CC)c(C(=O)O)c2)cc1C(=O)O. The number of carbonyl (C=O) groups is 4. The van der Waals surface area contributed by atoms with E-state index in [1.165, 1.54) is 24.3 Å². The lowest BCUT2D eigenvalue weighted by Gasteiger charge is -2.16. The molecule has 0 saturated heterocycles. The van der Waals surface area contributed by atoms with Crippen LogP contribution < -0.4 is 20.1 Å². The van der Waals surface area contributed by atoms with Gasteiger partial charge in [-0.1, -0.05) is 76.2 Å². The first-order valence-corrected chi connectivity index (χ1v) is 15.8. The van der Waals surface area contributed by atoms with Crippen molar-refractivity contribution in [3.05, 3.63) is 107 Å². The summed E-state index contributed by atoms with van der Waals surface area (Å²) in [5.74, 6) is -2.00. The Hall–Kier alpha value is -5.64. The first-order valence-electron chi connectivity index (χ1n) is 15.8. The summed E-state index contributed by atoms with van der Waals surface area (Å²) in [6.45, 7) is 7.62. The summed E-state index contributed by atoms with van der Waals surface area (Å²) in [5.41, 5.74) is 2.50. The lowest BCUT2D eigenvalue weighted by atomic mass is 9.98. The van der Waals surface area contributed by atoms with E-state index in [0.29, 0.717) is 22.6 Å². The number of nitrogens with one attached hydrogen (secondary N) is 2. The molecule has 250 valence electrons. The predicted molar refractivity (Wildman–Crippen MR) is 184 cm³/mol. The molecule has 0 spiro atoms. The molecule has 2 amide bonds. The van der Waals surface area contributed by atoms with Crippen LogP contribution in [0.5, 0.6) is 11.5 Å². The van der Waals surface area contributed by atoms with Crippen LogP contribution >= 0.6 is 0 Å². The number of carbonyl (C=O) groups excluding carboxylic acids is 2. The highest BCUT2D eigenvalue weighted by molar-refractivity contribution is 6.04. The Morgan fingerprint density at radius 2 is 0.979 bits per heavy atom. The number of amides is 2. The molecule has 0 radical (unpaired) electrons. The summed E-state index contributed by atoms with van der Waals surface area (Å²) in [6, 6.07) is 23.6. The van der Waals surface area contributed by atoms with E-state index >= 15 is 0 Å². The molecule has 0 aliphatic rings. The molecular formula is C38H40N2O8. The van der Waals surface area contributed by atoms with Crippen LogP contribution in [0.1, 0.15) is 84.2 Å². The number of ether oxygens (including phenoxy) is 2. The average Bonchev–Trinajstić information content (AvgIpc) is 3.09. The maximum absolute atomic E-state index is 12.8. The topological polar surface area (TPSA) is 151 Å². The largest absolute Gasteiger partial charge is 0.483 e. The van der Waals surface area contributed by atoms with Gasteiger partial charge in [-0.05, 0) is 83.3 Å². The highest BCUT2D eigenvalue weighted by Crippen LogP contribution is 2.31. The van der Waals surface area contributed by atoms with Gasteiger partial charge in [0.15, 0.2) is 13.2 Å². The van der Waals surface area contributed by atoms with Crippen LogP contribution in [-0.4, -0.2) is 47.2 Å². The second-order valence-electron chi connectivity index (χ2n) is 11.5. The van der Waals surface area contributed by atoms with Gasteiger partial charge in [0.25, 0.3) is 11.8 Å². The number of hydrogen-bond donors (Lipinski definition) is 4. The number of para-hydroxylation sites is 2. The summed E-state index contributed by atoms with van der Waals surface area (Å²) in [6.07, 6.45) is 1.80. The summed E-state index contributed by atoms with van der Waals surface area (Å²) in [4.78, 5) is 49.9. The van der Waals surface area contributed by atoms with Crippen molar-refractivity contribution in [2.75, 3.05) is 23.8 Å².